The van der Waals surface area contributed by atoms with E-state index in [0.29, 0.717) is 12.6 Å². The van der Waals surface area contributed by atoms with Gasteiger partial charge in [0.15, 0.2) is 0 Å². The molecule has 0 aromatic carbocycles. The number of aliphatic hydroxyl groups is 1. The highest BCUT2D eigenvalue weighted by molar-refractivity contribution is 5.79. The van der Waals surface area contributed by atoms with Gasteiger partial charge in [0.1, 0.15) is 11.6 Å². The summed E-state index contributed by atoms with van der Waals surface area (Å²) in [6.45, 7) is 12.5. The zero-order valence-electron chi connectivity index (χ0n) is 24.3. The van der Waals surface area contributed by atoms with Gasteiger partial charge in [0.25, 0.3) is 0 Å². The number of carbonyl (C=O) groups excluding carboxylic acids is 1. The first kappa shape index (κ1) is 29.2. The van der Waals surface area contributed by atoms with Crippen LogP contribution in [0.2, 0.25) is 0 Å². The van der Waals surface area contributed by atoms with Crippen LogP contribution in [0.15, 0.2) is 6.07 Å². The van der Waals surface area contributed by atoms with Crippen LogP contribution in [0.1, 0.15) is 90.1 Å². The number of nitrogens with zero attached hydrogens (tertiary/aromatic N) is 4. The third kappa shape index (κ3) is 8.36. The lowest BCUT2D eigenvalue weighted by Gasteiger charge is -2.37. The molecule has 8 heteroatoms. The van der Waals surface area contributed by atoms with E-state index in [1.165, 1.54) is 19.3 Å². The van der Waals surface area contributed by atoms with Crippen molar-refractivity contribution in [3.63, 3.8) is 0 Å². The van der Waals surface area contributed by atoms with Crippen LogP contribution in [0.4, 0.5) is 5.82 Å². The molecule has 0 spiro atoms. The first-order valence-electron chi connectivity index (χ1n) is 15.0. The molecular formula is C30H51N5O3. The maximum absolute atomic E-state index is 12.6. The lowest BCUT2D eigenvalue weighted by Crippen LogP contribution is -2.47. The number of ether oxygens (including phenoxy) is 1. The van der Waals surface area contributed by atoms with Gasteiger partial charge in [-0.05, 0) is 70.3 Å². The number of aromatic nitrogens is 2. The molecule has 4 rings (SSSR count). The summed E-state index contributed by atoms with van der Waals surface area (Å²) in [5.74, 6) is 3.07. The maximum atomic E-state index is 12.6. The molecule has 1 amide bonds. The molecule has 0 atom stereocenters. The Morgan fingerprint density at radius 3 is 2.34 bits per heavy atom. The molecular weight excluding hydrogens is 478 g/mol. The summed E-state index contributed by atoms with van der Waals surface area (Å²) in [4.78, 5) is 27.4. The number of carbonyl (C=O) groups is 1. The molecule has 1 aromatic heterocycles. The average molecular weight is 530 g/mol. The van der Waals surface area contributed by atoms with Gasteiger partial charge in [-0.1, -0.05) is 20.8 Å². The lowest BCUT2D eigenvalue weighted by molar-refractivity contribution is -0.127. The summed E-state index contributed by atoms with van der Waals surface area (Å²) >= 11 is 0. The zero-order valence-corrected chi connectivity index (χ0v) is 24.3. The van der Waals surface area contributed by atoms with Gasteiger partial charge in [-0.2, -0.15) is 0 Å². The lowest BCUT2D eigenvalue weighted by atomic mass is 9.83. The number of piperazine rings is 1. The third-order valence-corrected chi connectivity index (χ3v) is 8.81. The van der Waals surface area contributed by atoms with Gasteiger partial charge in [-0.3, -0.25) is 9.69 Å². The van der Waals surface area contributed by atoms with E-state index in [0.717, 1.165) is 101 Å². The molecule has 1 aromatic rings. The highest BCUT2D eigenvalue weighted by Crippen LogP contribution is 2.29. The molecule has 38 heavy (non-hydrogen) atoms. The summed E-state index contributed by atoms with van der Waals surface area (Å²) in [5, 5.41) is 13.0. The molecule has 0 unspecified atom stereocenters. The zero-order chi connectivity index (χ0) is 27.1. The second-order valence-corrected chi connectivity index (χ2v) is 12.9. The van der Waals surface area contributed by atoms with Crippen LogP contribution in [0.5, 0.6) is 0 Å². The van der Waals surface area contributed by atoms with Crippen LogP contribution < -0.4 is 10.2 Å². The smallest absolute Gasteiger partial charge is 0.223 e. The van der Waals surface area contributed by atoms with Crippen LogP contribution in [0.25, 0.3) is 0 Å². The van der Waals surface area contributed by atoms with Crippen molar-refractivity contribution < 1.29 is 14.6 Å². The van der Waals surface area contributed by atoms with Crippen LogP contribution in [-0.2, 0) is 21.4 Å². The second kappa shape index (κ2) is 13.5. The quantitative estimate of drug-likeness (QED) is 0.504. The van der Waals surface area contributed by atoms with Gasteiger partial charge < -0.3 is 20.1 Å². The minimum atomic E-state index is -0.204. The first-order valence-corrected chi connectivity index (χ1v) is 15.0. The van der Waals surface area contributed by atoms with Crippen molar-refractivity contribution in [2.24, 2.45) is 11.8 Å². The van der Waals surface area contributed by atoms with Crippen molar-refractivity contribution in [2.45, 2.75) is 103 Å². The highest BCUT2D eigenvalue weighted by atomic mass is 16.5. The van der Waals surface area contributed by atoms with E-state index in [9.17, 15) is 9.90 Å². The maximum Gasteiger partial charge on any atom is 0.223 e. The largest absolute Gasteiger partial charge is 0.393 e. The number of anilines is 1. The number of nitrogens with one attached hydrogen (secondary N) is 1. The Bertz CT molecular complexity index is 880. The Hall–Kier alpha value is -1.77. The fourth-order valence-electron chi connectivity index (χ4n) is 6.13. The predicted octanol–water partition coefficient (Wildman–Crippen LogP) is 3.70. The number of aliphatic hydroxyl groups excluding tert-OH is 1. The molecule has 0 radical (unpaired) electrons. The van der Waals surface area contributed by atoms with Crippen LogP contribution in [-0.4, -0.2) is 84.5 Å². The van der Waals surface area contributed by atoms with Crippen molar-refractivity contribution in [1.82, 2.24) is 20.2 Å². The van der Waals surface area contributed by atoms with Gasteiger partial charge in [0, 0.05) is 68.8 Å². The predicted molar refractivity (Wildman–Crippen MR) is 151 cm³/mol. The number of hydrogen-bond donors (Lipinski definition) is 2. The van der Waals surface area contributed by atoms with Crippen molar-refractivity contribution >= 4 is 11.7 Å². The van der Waals surface area contributed by atoms with Crippen LogP contribution in [0, 0.1) is 11.8 Å². The molecule has 2 saturated carbocycles. The van der Waals surface area contributed by atoms with Crippen molar-refractivity contribution in [3.8, 4) is 0 Å². The summed E-state index contributed by atoms with van der Waals surface area (Å²) in [5.41, 5.74) is 0.981. The minimum Gasteiger partial charge on any atom is -0.393 e. The number of methoxy groups -OCH3 is 1. The Labute approximate surface area is 229 Å². The molecule has 2 aliphatic carbocycles. The van der Waals surface area contributed by atoms with Gasteiger partial charge in [0.05, 0.1) is 12.7 Å². The molecule has 214 valence electrons. The van der Waals surface area contributed by atoms with Gasteiger partial charge in [0.2, 0.25) is 5.91 Å². The molecule has 0 bridgehead atoms. The van der Waals surface area contributed by atoms with Crippen molar-refractivity contribution in [1.29, 1.82) is 0 Å². The summed E-state index contributed by atoms with van der Waals surface area (Å²) in [6.07, 6.45) is 9.71. The minimum absolute atomic E-state index is 0.0824. The highest BCUT2D eigenvalue weighted by Gasteiger charge is 2.29. The van der Waals surface area contributed by atoms with E-state index in [-0.39, 0.29) is 23.3 Å². The first-order chi connectivity index (χ1) is 18.2. The Balaban J connectivity index is 1.18. The second-order valence-electron chi connectivity index (χ2n) is 12.9. The summed E-state index contributed by atoms with van der Waals surface area (Å²) in [7, 11) is 1.74. The van der Waals surface area contributed by atoms with E-state index < -0.39 is 0 Å². The Morgan fingerprint density at radius 1 is 1.03 bits per heavy atom. The topological polar surface area (TPSA) is 90.8 Å². The van der Waals surface area contributed by atoms with Crippen LogP contribution >= 0.6 is 0 Å². The molecule has 3 aliphatic rings. The standard InChI is InChI=1S/C30H51N5O3/c1-30(2,3)29-32-25(14-20-38-4)21-27(33-29)35-18-16-34(17-19-35)15-13-22-5-9-24(10-6-22)31-28(37)23-7-11-26(36)12-8-23/h21-24,26,36H,5-20H2,1-4H3,(H,31,37)/t22-,23-,24-,26+. The van der Waals surface area contributed by atoms with Gasteiger partial charge in [-0.15, -0.1) is 0 Å². The normalized spacial score (nSPS) is 27.3. The summed E-state index contributed by atoms with van der Waals surface area (Å²) < 4.78 is 5.29. The molecule has 2 heterocycles. The van der Waals surface area contributed by atoms with E-state index in [4.69, 9.17) is 14.7 Å². The molecule has 1 saturated heterocycles. The fraction of sp³-hybridized carbons (Fsp3) is 0.833. The SMILES string of the molecule is COCCc1cc(N2CCN(CC[C@H]3CC[C@H](NC(=O)[C@H]4CC[C@@H](O)CC4)CC3)CC2)nc(C(C)(C)C)n1. The Kier molecular flexibility index (Phi) is 10.4. The van der Waals surface area contributed by atoms with Crippen molar-refractivity contribution in [2.75, 3.05) is 51.3 Å². The fourth-order valence-corrected chi connectivity index (χ4v) is 6.13. The van der Waals surface area contributed by atoms with E-state index in [1.54, 1.807) is 7.11 Å². The van der Waals surface area contributed by atoms with Crippen molar-refractivity contribution in [3.05, 3.63) is 17.6 Å². The molecule has 2 N–H and O–H groups in total. The summed E-state index contributed by atoms with van der Waals surface area (Å²) in [6, 6.07) is 2.49. The van der Waals surface area contributed by atoms with Gasteiger partial charge >= 0.3 is 0 Å². The molecule has 3 fully saturated rings. The molecule has 1 aliphatic heterocycles. The number of amides is 1. The monoisotopic (exact) mass is 529 g/mol. The van der Waals surface area contributed by atoms with E-state index in [2.05, 4.69) is 42.0 Å². The molecule has 8 nitrogen and oxygen atoms in total. The Morgan fingerprint density at radius 2 is 1.71 bits per heavy atom. The van der Waals surface area contributed by atoms with E-state index >= 15 is 0 Å². The number of hydrogen-bond acceptors (Lipinski definition) is 7. The third-order valence-electron chi connectivity index (χ3n) is 8.81. The van der Waals surface area contributed by atoms with E-state index in [1.807, 2.05) is 0 Å². The average Bonchev–Trinajstić information content (AvgIpc) is 2.91. The van der Waals surface area contributed by atoms with Gasteiger partial charge in [-0.25, -0.2) is 9.97 Å². The van der Waals surface area contributed by atoms with Crippen LogP contribution in [0.3, 0.4) is 0 Å². The number of rotatable bonds is 9.